The van der Waals surface area contributed by atoms with Crippen molar-refractivity contribution in [3.63, 3.8) is 0 Å². The van der Waals surface area contributed by atoms with Crippen LogP contribution in [0.5, 0.6) is 0 Å². The fourth-order valence-electron chi connectivity index (χ4n) is 2.07. The Kier molecular flexibility index (Phi) is 7.35. The van der Waals surface area contributed by atoms with Crippen molar-refractivity contribution in [2.75, 3.05) is 6.54 Å². The molecule has 2 heteroatoms. The number of aryl methyl sites for hydroxylation is 1. The Balaban J connectivity index is 2.32. The number of nitrogens with two attached hydrogens (primary N) is 1. The molecule has 0 radical (unpaired) electrons. The molecule has 0 aliphatic rings. The van der Waals surface area contributed by atoms with Crippen LogP contribution in [0, 0.1) is 0 Å². The zero-order chi connectivity index (χ0) is 13.2. The Labute approximate surface area is 111 Å². The summed E-state index contributed by atoms with van der Waals surface area (Å²) in [6, 6.07) is 8.08. The van der Waals surface area contributed by atoms with Crippen molar-refractivity contribution in [1.29, 1.82) is 0 Å². The molecule has 0 heterocycles. The van der Waals surface area contributed by atoms with E-state index in [1.165, 1.54) is 5.56 Å². The standard InChI is InChI=1S/C16H25NO/c1-2-7-14-9-11-15(12-10-14)16(18)8-5-3-4-6-13-17/h9-12H,2-8,13,17H2,1H3. The minimum atomic E-state index is 0.269. The lowest BCUT2D eigenvalue weighted by Gasteiger charge is -2.03. The first-order chi connectivity index (χ1) is 8.77. The Morgan fingerprint density at radius 2 is 1.72 bits per heavy atom. The van der Waals surface area contributed by atoms with Crippen LogP contribution >= 0.6 is 0 Å². The molecule has 2 N–H and O–H groups in total. The van der Waals surface area contributed by atoms with E-state index in [1.807, 2.05) is 12.1 Å². The fourth-order valence-corrected chi connectivity index (χ4v) is 2.07. The van der Waals surface area contributed by atoms with Crippen molar-refractivity contribution >= 4 is 5.78 Å². The minimum absolute atomic E-state index is 0.269. The number of unbranched alkanes of at least 4 members (excludes halogenated alkanes) is 3. The van der Waals surface area contributed by atoms with Crippen molar-refractivity contribution in [3.05, 3.63) is 35.4 Å². The van der Waals surface area contributed by atoms with E-state index in [4.69, 9.17) is 5.73 Å². The lowest BCUT2D eigenvalue weighted by molar-refractivity contribution is 0.0979. The van der Waals surface area contributed by atoms with Gasteiger partial charge in [-0.3, -0.25) is 4.79 Å². The fraction of sp³-hybridized carbons (Fsp3) is 0.562. The summed E-state index contributed by atoms with van der Waals surface area (Å²) in [5, 5.41) is 0. The van der Waals surface area contributed by atoms with E-state index < -0.39 is 0 Å². The average molecular weight is 247 g/mol. The SMILES string of the molecule is CCCc1ccc(C(=O)CCCCCCN)cc1. The molecule has 0 saturated heterocycles. The van der Waals surface area contributed by atoms with Crippen LogP contribution < -0.4 is 5.73 Å². The van der Waals surface area contributed by atoms with E-state index in [9.17, 15) is 4.79 Å². The Bertz CT molecular complexity index is 343. The number of Topliss-reactive ketones (excluding diaryl/α,β-unsaturated/α-hetero) is 1. The monoisotopic (exact) mass is 247 g/mol. The summed E-state index contributed by atoms with van der Waals surface area (Å²) in [7, 11) is 0. The third kappa shape index (κ3) is 5.46. The van der Waals surface area contributed by atoms with Crippen molar-refractivity contribution < 1.29 is 4.79 Å². The highest BCUT2D eigenvalue weighted by atomic mass is 16.1. The van der Waals surface area contributed by atoms with Gasteiger partial charge in [-0.05, 0) is 31.4 Å². The number of hydrogen-bond acceptors (Lipinski definition) is 2. The topological polar surface area (TPSA) is 43.1 Å². The van der Waals surface area contributed by atoms with Crippen LogP contribution in [0.1, 0.15) is 61.4 Å². The lowest BCUT2D eigenvalue weighted by atomic mass is 10.0. The Morgan fingerprint density at radius 3 is 2.33 bits per heavy atom. The molecule has 0 spiro atoms. The molecule has 0 aliphatic carbocycles. The normalized spacial score (nSPS) is 10.6. The second-order valence-corrected chi connectivity index (χ2v) is 4.82. The predicted molar refractivity (Wildman–Crippen MR) is 76.9 cm³/mol. The number of benzene rings is 1. The van der Waals surface area contributed by atoms with Gasteiger partial charge in [0, 0.05) is 12.0 Å². The summed E-state index contributed by atoms with van der Waals surface area (Å²) in [5.41, 5.74) is 7.61. The van der Waals surface area contributed by atoms with Gasteiger partial charge in [0.15, 0.2) is 5.78 Å². The summed E-state index contributed by atoms with van der Waals surface area (Å²) in [4.78, 5) is 11.9. The van der Waals surface area contributed by atoms with Gasteiger partial charge in [-0.15, -0.1) is 0 Å². The first-order valence-electron chi connectivity index (χ1n) is 7.10. The highest BCUT2D eigenvalue weighted by Gasteiger charge is 2.05. The van der Waals surface area contributed by atoms with Gasteiger partial charge in [0.05, 0.1) is 0 Å². The van der Waals surface area contributed by atoms with Crippen LogP contribution in [-0.2, 0) is 6.42 Å². The van der Waals surface area contributed by atoms with Crippen LogP contribution in [0.2, 0.25) is 0 Å². The van der Waals surface area contributed by atoms with Gasteiger partial charge >= 0.3 is 0 Å². The summed E-state index contributed by atoms with van der Waals surface area (Å²) in [6.45, 7) is 2.92. The van der Waals surface area contributed by atoms with Crippen LogP contribution in [0.3, 0.4) is 0 Å². The molecular formula is C16H25NO. The second-order valence-electron chi connectivity index (χ2n) is 4.82. The summed E-state index contributed by atoms with van der Waals surface area (Å²) in [6.07, 6.45) is 7.20. The molecule has 18 heavy (non-hydrogen) atoms. The number of carbonyl (C=O) groups excluding carboxylic acids is 1. The zero-order valence-electron chi connectivity index (χ0n) is 11.5. The molecule has 0 saturated carbocycles. The Morgan fingerprint density at radius 1 is 1.06 bits per heavy atom. The van der Waals surface area contributed by atoms with E-state index >= 15 is 0 Å². The molecule has 2 nitrogen and oxygen atoms in total. The van der Waals surface area contributed by atoms with Gasteiger partial charge in [-0.25, -0.2) is 0 Å². The molecule has 0 amide bonds. The van der Waals surface area contributed by atoms with Gasteiger partial charge in [0.25, 0.3) is 0 Å². The first kappa shape index (κ1) is 14.9. The van der Waals surface area contributed by atoms with Crippen LogP contribution in [0.15, 0.2) is 24.3 Å². The number of ketones is 1. The smallest absolute Gasteiger partial charge is 0.162 e. The van der Waals surface area contributed by atoms with Crippen molar-refractivity contribution in [2.45, 2.75) is 51.9 Å². The van der Waals surface area contributed by atoms with E-state index in [-0.39, 0.29) is 5.78 Å². The van der Waals surface area contributed by atoms with Gasteiger partial charge in [-0.2, -0.15) is 0 Å². The van der Waals surface area contributed by atoms with Gasteiger partial charge in [-0.1, -0.05) is 50.5 Å². The molecule has 0 fully saturated rings. The van der Waals surface area contributed by atoms with E-state index in [1.54, 1.807) is 0 Å². The van der Waals surface area contributed by atoms with Gasteiger partial charge < -0.3 is 5.73 Å². The zero-order valence-corrected chi connectivity index (χ0v) is 11.5. The predicted octanol–water partition coefficient (Wildman–Crippen LogP) is 3.73. The largest absolute Gasteiger partial charge is 0.330 e. The van der Waals surface area contributed by atoms with E-state index in [0.717, 1.165) is 50.6 Å². The molecule has 0 atom stereocenters. The van der Waals surface area contributed by atoms with Crippen LogP contribution in [0.4, 0.5) is 0 Å². The number of rotatable bonds is 9. The van der Waals surface area contributed by atoms with Crippen molar-refractivity contribution in [1.82, 2.24) is 0 Å². The summed E-state index contributed by atoms with van der Waals surface area (Å²) in [5.74, 6) is 0.269. The van der Waals surface area contributed by atoms with Crippen LogP contribution in [0.25, 0.3) is 0 Å². The van der Waals surface area contributed by atoms with Crippen molar-refractivity contribution in [2.24, 2.45) is 5.73 Å². The van der Waals surface area contributed by atoms with Crippen LogP contribution in [-0.4, -0.2) is 12.3 Å². The molecule has 0 aromatic heterocycles. The molecule has 0 bridgehead atoms. The summed E-state index contributed by atoms with van der Waals surface area (Å²) >= 11 is 0. The maximum absolute atomic E-state index is 11.9. The molecular weight excluding hydrogens is 222 g/mol. The molecule has 0 aliphatic heterocycles. The molecule has 100 valence electrons. The van der Waals surface area contributed by atoms with Crippen molar-refractivity contribution in [3.8, 4) is 0 Å². The highest BCUT2D eigenvalue weighted by molar-refractivity contribution is 5.96. The highest BCUT2D eigenvalue weighted by Crippen LogP contribution is 2.11. The average Bonchev–Trinajstić information content (AvgIpc) is 2.39. The maximum atomic E-state index is 11.9. The van der Waals surface area contributed by atoms with E-state index in [0.29, 0.717) is 6.42 Å². The third-order valence-electron chi connectivity index (χ3n) is 3.17. The maximum Gasteiger partial charge on any atom is 0.162 e. The van der Waals surface area contributed by atoms with Gasteiger partial charge in [0.2, 0.25) is 0 Å². The molecule has 0 unspecified atom stereocenters. The number of hydrogen-bond donors (Lipinski definition) is 1. The van der Waals surface area contributed by atoms with Gasteiger partial charge in [0.1, 0.15) is 0 Å². The van der Waals surface area contributed by atoms with E-state index in [2.05, 4.69) is 19.1 Å². The second kappa shape index (κ2) is 8.87. The lowest BCUT2D eigenvalue weighted by Crippen LogP contribution is -2.00. The minimum Gasteiger partial charge on any atom is -0.330 e. The summed E-state index contributed by atoms with van der Waals surface area (Å²) < 4.78 is 0. The Hall–Kier alpha value is -1.15. The molecule has 1 aromatic carbocycles. The molecule has 1 rings (SSSR count). The number of carbonyl (C=O) groups is 1. The molecule has 1 aromatic rings. The quantitative estimate of drug-likeness (QED) is 0.533. The first-order valence-corrected chi connectivity index (χ1v) is 7.10. The third-order valence-corrected chi connectivity index (χ3v) is 3.17.